The van der Waals surface area contributed by atoms with Gasteiger partial charge in [-0.15, -0.1) is 0 Å². The minimum absolute atomic E-state index is 0.410. The fourth-order valence-electron chi connectivity index (χ4n) is 2.94. The molecule has 1 saturated carbocycles. The number of rotatable bonds is 4. The molecule has 1 aromatic rings. The summed E-state index contributed by atoms with van der Waals surface area (Å²) in [4.78, 5) is 4.62. The molecule has 0 spiro atoms. The summed E-state index contributed by atoms with van der Waals surface area (Å²) in [5.74, 6) is 1.80. The van der Waals surface area contributed by atoms with Crippen LogP contribution >= 0.6 is 23.3 Å². The zero-order valence-electron chi connectivity index (χ0n) is 13.3. The summed E-state index contributed by atoms with van der Waals surface area (Å²) in [6, 6.07) is 0.604. The molecular weight excluding hydrogens is 286 g/mol. The van der Waals surface area contributed by atoms with Crippen LogP contribution in [0, 0.1) is 11.3 Å². The zero-order valence-corrected chi connectivity index (χ0v) is 14.9. The van der Waals surface area contributed by atoms with E-state index in [1.165, 1.54) is 19.3 Å². The largest absolute Gasteiger partial charge is 0.316 e. The highest BCUT2D eigenvalue weighted by Crippen LogP contribution is 2.43. The van der Waals surface area contributed by atoms with Crippen molar-refractivity contribution in [3.63, 3.8) is 0 Å². The minimum atomic E-state index is 0.410. The van der Waals surface area contributed by atoms with Crippen molar-refractivity contribution in [2.75, 3.05) is 7.05 Å². The van der Waals surface area contributed by atoms with E-state index in [-0.39, 0.29) is 0 Å². The summed E-state index contributed by atoms with van der Waals surface area (Å²) >= 11 is 3.50. The molecule has 0 aliphatic heterocycles. The predicted molar refractivity (Wildman–Crippen MR) is 88.6 cm³/mol. The van der Waals surface area contributed by atoms with Gasteiger partial charge in [-0.3, -0.25) is 0 Å². The molecule has 1 aromatic heterocycles. The summed E-state index contributed by atoms with van der Waals surface area (Å²) in [5.41, 5.74) is 0.410. The van der Waals surface area contributed by atoms with E-state index in [1.54, 1.807) is 11.5 Å². The molecule has 0 bridgehead atoms. The maximum Gasteiger partial charge on any atom is 0.170 e. The first-order chi connectivity index (χ1) is 9.44. The van der Waals surface area contributed by atoms with Gasteiger partial charge in [-0.2, -0.15) is 4.37 Å². The highest BCUT2D eigenvalue weighted by atomic mass is 32.2. The van der Waals surface area contributed by atoms with Gasteiger partial charge >= 0.3 is 0 Å². The van der Waals surface area contributed by atoms with E-state index in [1.807, 2.05) is 11.8 Å². The lowest BCUT2D eigenvalue weighted by molar-refractivity contribution is 0.167. The van der Waals surface area contributed by atoms with Gasteiger partial charge in [0.15, 0.2) is 4.34 Å². The average Bonchev–Trinajstić information content (AvgIpc) is 2.85. The summed E-state index contributed by atoms with van der Waals surface area (Å²) < 4.78 is 5.55. The first kappa shape index (κ1) is 16.2. The van der Waals surface area contributed by atoms with Crippen molar-refractivity contribution in [3.8, 4) is 0 Å². The third-order valence-corrected chi connectivity index (χ3v) is 6.58. The van der Waals surface area contributed by atoms with E-state index in [9.17, 15) is 0 Å². The SMILES string of the molecule is CCc1nsc(SC2CC(C(C)(C)C)CCC2NC)n1. The molecular formula is C15H27N3S2. The molecule has 114 valence electrons. The molecule has 1 heterocycles. The lowest BCUT2D eigenvalue weighted by Gasteiger charge is -2.41. The summed E-state index contributed by atoms with van der Waals surface area (Å²) in [6.07, 6.45) is 4.82. The molecule has 0 amide bonds. The van der Waals surface area contributed by atoms with Crippen molar-refractivity contribution in [1.29, 1.82) is 0 Å². The average molecular weight is 314 g/mol. The van der Waals surface area contributed by atoms with E-state index in [2.05, 4.69) is 49.4 Å². The third-order valence-electron chi connectivity index (χ3n) is 4.41. The predicted octanol–water partition coefficient (Wildman–Crippen LogP) is 4.00. The summed E-state index contributed by atoms with van der Waals surface area (Å²) in [5, 5.41) is 4.12. The van der Waals surface area contributed by atoms with Crippen molar-refractivity contribution in [3.05, 3.63) is 5.82 Å². The molecule has 1 N–H and O–H groups in total. The monoisotopic (exact) mass is 313 g/mol. The highest BCUT2D eigenvalue weighted by molar-refractivity contribution is 8.01. The van der Waals surface area contributed by atoms with Crippen LogP contribution in [-0.4, -0.2) is 27.7 Å². The summed E-state index contributed by atoms with van der Waals surface area (Å²) in [7, 11) is 2.09. The molecule has 0 aromatic carbocycles. The molecule has 1 fully saturated rings. The van der Waals surface area contributed by atoms with Gasteiger partial charge in [-0.05, 0) is 49.2 Å². The fraction of sp³-hybridized carbons (Fsp3) is 0.867. The van der Waals surface area contributed by atoms with Crippen LogP contribution < -0.4 is 5.32 Å². The number of hydrogen-bond donors (Lipinski definition) is 1. The van der Waals surface area contributed by atoms with Crippen LogP contribution in [-0.2, 0) is 6.42 Å². The second-order valence-corrected chi connectivity index (χ2v) is 9.00. The van der Waals surface area contributed by atoms with Gasteiger partial charge in [-0.1, -0.05) is 39.5 Å². The van der Waals surface area contributed by atoms with Gasteiger partial charge in [0.25, 0.3) is 0 Å². The van der Waals surface area contributed by atoms with E-state index >= 15 is 0 Å². The van der Waals surface area contributed by atoms with Gasteiger partial charge in [-0.25, -0.2) is 4.98 Å². The maximum atomic E-state index is 4.62. The molecule has 3 nitrogen and oxygen atoms in total. The maximum absolute atomic E-state index is 4.62. The quantitative estimate of drug-likeness (QED) is 0.912. The van der Waals surface area contributed by atoms with Crippen molar-refractivity contribution in [2.24, 2.45) is 11.3 Å². The normalized spacial score (nSPS) is 27.8. The van der Waals surface area contributed by atoms with Crippen LogP contribution in [0.5, 0.6) is 0 Å². The smallest absolute Gasteiger partial charge is 0.170 e. The Morgan fingerprint density at radius 1 is 1.35 bits per heavy atom. The number of nitrogens with zero attached hydrogens (tertiary/aromatic N) is 2. The van der Waals surface area contributed by atoms with Crippen LogP contribution in [0.25, 0.3) is 0 Å². The lowest BCUT2D eigenvalue weighted by Crippen LogP contribution is -2.43. The number of hydrogen-bond acceptors (Lipinski definition) is 5. The van der Waals surface area contributed by atoms with Gasteiger partial charge < -0.3 is 5.32 Å². The topological polar surface area (TPSA) is 37.8 Å². The molecule has 20 heavy (non-hydrogen) atoms. The molecule has 0 radical (unpaired) electrons. The minimum Gasteiger partial charge on any atom is -0.316 e. The van der Waals surface area contributed by atoms with E-state index in [0.717, 1.165) is 22.5 Å². The zero-order chi connectivity index (χ0) is 14.8. The van der Waals surface area contributed by atoms with Gasteiger partial charge in [0.1, 0.15) is 5.82 Å². The van der Waals surface area contributed by atoms with E-state index < -0.39 is 0 Å². The van der Waals surface area contributed by atoms with Gasteiger partial charge in [0, 0.05) is 17.7 Å². The Labute approximate surface area is 131 Å². The lowest BCUT2D eigenvalue weighted by atomic mass is 9.71. The van der Waals surface area contributed by atoms with Crippen LogP contribution in [0.2, 0.25) is 0 Å². The fourth-order valence-corrected chi connectivity index (χ4v) is 5.27. The van der Waals surface area contributed by atoms with E-state index in [4.69, 9.17) is 0 Å². The highest BCUT2D eigenvalue weighted by Gasteiger charge is 2.36. The van der Waals surface area contributed by atoms with Crippen molar-refractivity contribution < 1.29 is 0 Å². The van der Waals surface area contributed by atoms with Crippen LogP contribution in [0.4, 0.5) is 0 Å². The molecule has 3 unspecified atom stereocenters. The van der Waals surface area contributed by atoms with E-state index in [0.29, 0.717) is 16.7 Å². The van der Waals surface area contributed by atoms with Crippen LogP contribution in [0.3, 0.4) is 0 Å². The molecule has 2 rings (SSSR count). The Morgan fingerprint density at radius 3 is 2.65 bits per heavy atom. The Bertz CT molecular complexity index is 425. The number of thioether (sulfide) groups is 1. The first-order valence-electron chi connectivity index (χ1n) is 7.60. The number of aryl methyl sites for hydroxylation is 1. The second kappa shape index (κ2) is 6.75. The van der Waals surface area contributed by atoms with Crippen LogP contribution in [0.1, 0.15) is 52.8 Å². The van der Waals surface area contributed by atoms with Crippen molar-refractivity contribution >= 4 is 23.3 Å². The number of aromatic nitrogens is 2. The molecule has 0 saturated heterocycles. The second-order valence-electron chi connectivity index (χ2n) is 6.76. The summed E-state index contributed by atoms with van der Waals surface area (Å²) in [6.45, 7) is 9.24. The Balaban J connectivity index is 2.05. The molecule has 1 aliphatic rings. The van der Waals surface area contributed by atoms with Crippen molar-refractivity contribution in [2.45, 2.75) is 69.0 Å². The molecule has 5 heteroatoms. The Hall–Kier alpha value is -0.130. The first-order valence-corrected chi connectivity index (χ1v) is 9.25. The molecule has 3 atom stereocenters. The van der Waals surface area contributed by atoms with Crippen LogP contribution in [0.15, 0.2) is 4.34 Å². The van der Waals surface area contributed by atoms with Gasteiger partial charge in [0.05, 0.1) is 0 Å². The molecule has 1 aliphatic carbocycles. The Kier molecular flexibility index (Phi) is 5.49. The third kappa shape index (κ3) is 3.95. The number of nitrogens with one attached hydrogen (secondary N) is 1. The Morgan fingerprint density at radius 2 is 2.10 bits per heavy atom. The standard InChI is InChI=1S/C15H27N3S2/c1-6-13-17-14(20-18-13)19-12-9-10(15(2,3)4)7-8-11(12)16-5/h10-12,16H,6-9H2,1-5H3. The van der Waals surface area contributed by atoms with Crippen molar-refractivity contribution in [1.82, 2.24) is 14.7 Å². The van der Waals surface area contributed by atoms with Gasteiger partial charge in [0.2, 0.25) is 0 Å².